The second-order valence-corrected chi connectivity index (χ2v) is 8.71. The van der Waals surface area contributed by atoms with Crippen LogP contribution in [0.3, 0.4) is 0 Å². The number of hydrogen-bond acceptors (Lipinski definition) is 5. The highest BCUT2D eigenvalue weighted by Gasteiger charge is 2.26. The third kappa shape index (κ3) is 5.64. The largest absolute Gasteiger partial charge is 0.493 e. The number of hydrogen-bond donors (Lipinski definition) is 2. The Balaban J connectivity index is 1.73. The number of nitrogens with one attached hydrogen (secondary N) is 2. The lowest BCUT2D eigenvalue weighted by atomic mass is 10.1. The van der Waals surface area contributed by atoms with Crippen LogP contribution < -0.4 is 20.1 Å². The van der Waals surface area contributed by atoms with E-state index in [2.05, 4.69) is 24.5 Å². The summed E-state index contributed by atoms with van der Waals surface area (Å²) in [5.41, 5.74) is 0.784. The van der Waals surface area contributed by atoms with Gasteiger partial charge in [0.25, 0.3) is 11.8 Å². The molecule has 0 aliphatic heterocycles. The van der Waals surface area contributed by atoms with Gasteiger partial charge >= 0.3 is 0 Å². The molecule has 1 aliphatic carbocycles. The molecule has 8 heteroatoms. The smallest absolute Gasteiger partial charge is 0.256 e. The number of carbonyl (C=O) groups is 2. The summed E-state index contributed by atoms with van der Waals surface area (Å²) in [6.45, 7) is 4.73. The quantitative estimate of drug-likeness (QED) is 0.581. The Morgan fingerprint density at radius 2 is 2.03 bits per heavy atom. The van der Waals surface area contributed by atoms with Gasteiger partial charge in [-0.3, -0.25) is 9.59 Å². The van der Waals surface area contributed by atoms with Crippen molar-refractivity contribution >= 4 is 39.8 Å². The number of benzene rings is 1. The lowest BCUT2D eigenvalue weighted by molar-refractivity contribution is 0.0952. The molecule has 1 aromatic heterocycles. The third-order valence-electron chi connectivity index (χ3n) is 4.48. The number of carbonyl (C=O) groups excluding carboxylic acids is 2. The standard InChI is InChI=1S/C21H25ClN2O4S/c1-12(2)6-8-28-18-16(22)10-13(11-17(18)27-3)19(25)24-21-15(7-9-29-21)20(26)23-14-4-5-14/h7,9-12,14H,4-6,8H2,1-3H3,(H,23,26)(H,24,25). The number of thiophene rings is 1. The van der Waals surface area contributed by atoms with Crippen molar-refractivity contribution in [3.05, 3.63) is 39.7 Å². The van der Waals surface area contributed by atoms with Crippen LogP contribution in [0.4, 0.5) is 5.00 Å². The van der Waals surface area contributed by atoms with Crippen molar-refractivity contribution in [3.8, 4) is 11.5 Å². The van der Waals surface area contributed by atoms with Crippen molar-refractivity contribution < 1.29 is 19.1 Å². The highest BCUT2D eigenvalue weighted by molar-refractivity contribution is 7.14. The molecule has 0 radical (unpaired) electrons. The molecular formula is C21H25ClN2O4S. The summed E-state index contributed by atoms with van der Waals surface area (Å²) in [6, 6.07) is 5.08. The first-order valence-corrected chi connectivity index (χ1v) is 10.8. The monoisotopic (exact) mass is 436 g/mol. The normalized spacial score (nSPS) is 13.3. The maximum Gasteiger partial charge on any atom is 0.256 e. The van der Waals surface area contributed by atoms with Crippen LogP contribution >= 0.6 is 22.9 Å². The van der Waals surface area contributed by atoms with Crippen LogP contribution in [-0.4, -0.2) is 31.6 Å². The van der Waals surface area contributed by atoms with E-state index in [9.17, 15) is 9.59 Å². The zero-order chi connectivity index (χ0) is 21.0. The van der Waals surface area contributed by atoms with Gasteiger partial charge in [0.2, 0.25) is 0 Å². The van der Waals surface area contributed by atoms with E-state index < -0.39 is 0 Å². The molecule has 2 aromatic rings. The first-order valence-electron chi connectivity index (χ1n) is 9.59. The minimum atomic E-state index is -0.373. The number of methoxy groups -OCH3 is 1. The maximum absolute atomic E-state index is 12.8. The van der Waals surface area contributed by atoms with Gasteiger partial charge in [-0.2, -0.15) is 0 Å². The van der Waals surface area contributed by atoms with Crippen molar-refractivity contribution in [1.29, 1.82) is 0 Å². The first-order chi connectivity index (χ1) is 13.9. The van der Waals surface area contributed by atoms with Crippen molar-refractivity contribution in [3.63, 3.8) is 0 Å². The second kappa shape index (κ2) is 9.50. The van der Waals surface area contributed by atoms with Crippen molar-refractivity contribution in [2.24, 2.45) is 5.92 Å². The Morgan fingerprint density at radius 1 is 1.28 bits per heavy atom. The molecule has 1 heterocycles. The fraction of sp³-hybridized carbons (Fsp3) is 0.429. The van der Waals surface area contributed by atoms with E-state index in [1.54, 1.807) is 23.6 Å². The van der Waals surface area contributed by atoms with E-state index in [1.165, 1.54) is 18.4 Å². The molecular weight excluding hydrogens is 412 g/mol. The molecule has 1 aliphatic rings. The second-order valence-electron chi connectivity index (χ2n) is 7.39. The lowest BCUT2D eigenvalue weighted by Gasteiger charge is -2.15. The highest BCUT2D eigenvalue weighted by atomic mass is 35.5. The van der Waals surface area contributed by atoms with E-state index in [-0.39, 0.29) is 17.9 Å². The summed E-state index contributed by atoms with van der Waals surface area (Å²) in [4.78, 5) is 25.1. The fourth-order valence-electron chi connectivity index (χ4n) is 2.64. The molecule has 2 amide bonds. The molecule has 3 rings (SSSR count). The van der Waals surface area contributed by atoms with Crippen LogP contribution in [-0.2, 0) is 0 Å². The Bertz CT molecular complexity index is 893. The van der Waals surface area contributed by atoms with Gasteiger partial charge in [0.05, 0.1) is 24.3 Å². The van der Waals surface area contributed by atoms with Gasteiger partial charge in [0, 0.05) is 11.6 Å². The molecule has 1 aromatic carbocycles. The number of halogens is 1. The van der Waals surface area contributed by atoms with Gasteiger partial charge in [-0.1, -0.05) is 25.4 Å². The average Bonchev–Trinajstić information content (AvgIpc) is 3.37. The Hall–Kier alpha value is -2.25. The van der Waals surface area contributed by atoms with Gasteiger partial charge in [0.15, 0.2) is 11.5 Å². The first kappa shape index (κ1) is 21.5. The van der Waals surface area contributed by atoms with Gasteiger partial charge in [-0.25, -0.2) is 0 Å². The van der Waals surface area contributed by atoms with E-state index in [1.807, 2.05) is 0 Å². The predicted octanol–water partition coefficient (Wildman–Crippen LogP) is 4.98. The highest BCUT2D eigenvalue weighted by Crippen LogP contribution is 2.37. The minimum Gasteiger partial charge on any atom is -0.493 e. The molecule has 1 fully saturated rings. The lowest BCUT2D eigenvalue weighted by Crippen LogP contribution is -2.26. The van der Waals surface area contributed by atoms with Gasteiger partial charge in [-0.15, -0.1) is 11.3 Å². The molecule has 156 valence electrons. The molecule has 29 heavy (non-hydrogen) atoms. The molecule has 0 unspecified atom stereocenters. The third-order valence-corrected chi connectivity index (χ3v) is 5.59. The van der Waals surface area contributed by atoms with Crippen molar-refractivity contribution in [1.82, 2.24) is 5.32 Å². The van der Waals surface area contributed by atoms with Crippen LogP contribution in [0.25, 0.3) is 0 Å². The van der Waals surface area contributed by atoms with Crippen molar-refractivity contribution in [2.75, 3.05) is 19.0 Å². The summed E-state index contributed by atoms with van der Waals surface area (Å²) in [6.07, 6.45) is 2.88. The molecule has 2 N–H and O–H groups in total. The predicted molar refractivity (Wildman–Crippen MR) is 116 cm³/mol. The molecule has 1 saturated carbocycles. The van der Waals surface area contributed by atoms with Gasteiger partial charge < -0.3 is 20.1 Å². The van der Waals surface area contributed by atoms with Crippen LogP contribution in [0, 0.1) is 5.92 Å². The number of rotatable bonds is 9. The summed E-state index contributed by atoms with van der Waals surface area (Å²) in [5.74, 6) is 0.772. The number of amides is 2. The Morgan fingerprint density at radius 3 is 2.69 bits per heavy atom. The molecule has 0 spiro atoms. The minimum absolute atomic E-state index is 0.173. The summed E-state index contributed by atoms with van der Waals surface area (Å²) < 4.78 is 11.1. The Labute approximate surface area is 179 Å². The van der Waals surface area contributed by atoms with Crippen LogP contribution in [0.2, 0.25) is 5.02 Å². The molecule has 0 saturated heterocycles. The van der Waals surface area contributed by atoms with E-state index in [4.69, 9.17) is 21.1 Å². The van der Waals surface area contributed by atoms with Gasteiger partial charge in [-0.05, 0) is 48.8 Å². The topological polar surface area (TPSA) is 76.7 Å². The van der Waals surface area contributed by atoms with Crippen LogP contribution in [0.15, 0.2) is 23.6 Å². The molecule has 0 atom stereocenters. The SMILES string of the molecule is COc1cc(C(=O)Nc2sccc2C(=O)NC2CC2)cc(Cl)c1OCCC(C)C. The van der Waals surface area contributed by atoms with E-state index in [0.717, 1.165) is 19.3 Å². The average molecular weight is 437 g/mol. The number of ether oxygens (including phenoxy) is 2. The summed E-state index contributed by atoms with van der Waals surface area (Å²) >= 11 is 7.65. The Kier molecular flexibility index (Phi) is 7.03. The summed E-state index contributed by atoms with van der Waals surface area (Å²) in [5, 5.41) is 8.31. The van der Waals surface area contributed by atoms with Crippen LogP contribution in [0.5, 0.6) is 11.5 Å². The van der Waals surface area contributed by atoms with Gasteiger partial charge in [0.1, 0.15) is 5.00 Å². The van der Waals surface area contributed by atoms with Crippen molar-refractivity contribution in [2.45, 2.75) is 39.2 Å². The summed E-state index contributed by atoms with van der Waals surface area (Å²) in [7, 11) is 1.50. The zero-order valence-corrected chi connectivity index (χ0v) is 18.3. The van der Waals surface area contributed by atoms with E-state index in [0.29, 0.717) is 45.2 Å². The zero-order valence-electron chi connectivity index (χ0n) is 16.7. The van der Waals surface area contributed by atoms with E-state index >= 15 is 0 Å². The fourth-order valence-corrected chi connectivity index (χ4v) is 3.68. The molecule has 6 nitrogen and oxygen atoms in total. The number of anilines is 1. The molecule has 0 bridgehead atoms. The van der Waals surface area contributed by atoms with Crippen LogP contribution in [0.1, 0.15) is 53.8 Å². The maximum atomic E-state index is 12.8.